The van der Waals surface area contributed by atoms with E-state index in [1.807, 2.05) is 14.0 Å². The quantitative estimate of drug-likeness (QED) is 0.530. The Labute approximate surface area is 134 Å². The van der Waals surface area contributed by atoms with Crippen LogP contribution in [-0.2, 0) is 14.3 Å². The third kappa shape index (κ3) is 6.66. The zero-order valence-corrected chi connectivity index (χ0v) is 14.0. The largest absolute Gasteiger partial charge is 0.466 e. The molecule has 2 N–H and O–H groups in total. The number of hydrogen-bond donors (Lipinski definition) is 2. The van der Waals surface area contributed by atoms with Crippen molar-refractivity contribution in [2.45, 2.75) is 51.9 Å². The fraction of sp³-hybridized carbons (Fsp3) is 0.867. The zero-order chi connectivity index (χ0) is 14.8. The van der Waals surface area contributed by atoms with E-state index in [0.29, 0.717) is 19.6 Å². The molecule has 5 nitrogen and oxygen atoms in total. The molecule has 0 aromatic rings. The minimum Gasteiger partial charge on any atom is -0.466 e. The third-order valence-electron chi connectivity index (χ3n) is 3.97. The second-order valence-corrected chi connectivity index (χ2v) is 5.55. The molecule has 1 rings (SSSR count). The first-order valence-corrected chi connectivity index (χ1v) is 7.73. The Hall–Kier alpha value is -0.810. The molecule has 1 aliphatic carbocycles. The highest BCUT2D eigenvalue weighted by atomic mass is 35.5. The van der Waals surface area contributed by atoms with Crippen molar-refractivity contribution in [3.05, 3.63) is 0 Å². The highest BCUT2D eigenvalue weighted by Crippen LogP contribution is 2.37. The summed E-state index contributed by atoms with van der Waals surface area (Å²) in [5, 5.41) is 5.94. The Kier molecular flexibility index (Phi) is 10.4. The summed E-state index contributed by atoms with van der Waals surface area (Å²) in [6.07, 6.45) is 6.19. The van der Waals surface area contributed by atoms with Gasteiger partial charge in [0.15, 0.2) is 0 Å². The van der Waals surface area contributed by atoms with Gasteiger partial charge in [-0.05, 0) is 39.8 Å². The molecule has 0 bridgehead atoms. The number of halogens is 1. The van der Waals surface area contributed by atoms with Gasteiger partial charge in [0, 0.05) is 13.0 Å². The number of nitrogens with one attached hydrogen (secondary N) is 2. The predicted molar refractivity (Wildman–Crippen MR) is 85.6 cm³/mol. The van der Waals surface area contributed by atoms with Gasteiger partial charge < -0.3 is 15.4 Å². The van der Waals surface area contributed by atoms with Gasteiger partial charge in [0.05, 0.1) is 12.0 Å². The Bertz CT molecular complexity index is 318. The Morgan fingerprint density at radius 1 is 1.19 bits per heavy atom. The van der Waals surface area contributed by atoms with Crippen molar-refractivity contribution in [2.24, 2.45) is 5.41 Å². The lowest BCUT2D eigenvalue weighted by Gasteiger charge is -2.34. The van der Waals surface area contributed by atoms with Crippen molar-refractivity contribution < 1.29 is 14.3 Å². The van der Waals surface area contributed by atoms with Gasteiger partial charge in [-0.1, -0.05) is 19.3 Å². The van der Waals surface area contributed by atoms with E-state index in [1.165, 1.54) is 0 Å². The van der Waals surface area contributed by atoms with E-state index >= 15 is 0 Å². The van der Waals surface area contributed by atoms with Crippen LogP contribution in [0.15, 0.2) is 0 Å². The number of ether oxygens (including phenoxy) is 1. The number of hydrogen-bond acceptors (Lipinski definition) is 4. The van der Waals surface area contributed by atoms with E-state index in [0.717, 1.165) is 45.1 Å². The highest BCUT2D eigenvalue weighted by Gasteiger charge is 2.41. The van der Waals surface area contributed by atoms with E-state index in [2.05, 4.69) is 10.6 Å². The van der Waals surface area contributed by atoms with Gasteiger partial charge in [-0.2, -0.15) is 0 Å². The van der Waals surface area contributed by atoms with Gasteiger partial charge in [-0.15, -0.1) is 12.4 Å². The molecule has 0 heterocycles. The Balaban J connectivity index is 0.00000400. The second-order valence-electron chi connectivity index (χ2n) is 5.55. The summed E-state index contributed by atoms with van der Waals surface area (Å²) in [5.74, 6) is -0.121. The SMILES string of the molecule is CCOC(=O)C1(CNC(=O)CCCNC)CCCCC1.Cl. The first kappa shape index (κ1) is 20.2. The molecule has 0 saturated heterocycles. The van der Waals surface area contributed by atoms with Crippen molar-refractivity contribution in [1.29, 1.82) is 0 Å². The van der Waals surface area contributed by atoms with E-state index in [1.54, 1.807) is 0 Å². The summed E-state index contributed by atoms with van der Waals surface area (Å²) in [4.78, 5) is 24.0. The van der Waals surface area contributed by atoms with Crippen molar-refractivity contribution >= 4 is 24.3 Å². The van der Waals surface area contributed by atoms with Crippen LogP contribution in [-0.4, -0.2) is 38.6 Å². The van der Waals surface area contributed by atoms with Crippen LogP contribution in [0.1, 0.15) is 51.9 Å². The average molecular weight is 321 g/mol. The molecule has 21 heavy (non-hydrogen) atoms. The molecule has 0 aliphatic heterocycles. The van der Waals surface area contributed by atoms with Crippen LogP contribution in [0, 0.1) is 5.41 Å². The Morgan fingerprint density at radius 2 is 1.86 bits per heavy atom. The number of carbonyl (C=O) groups is 2. The van der Waals surface area contributed by atoms with Crippen LogP contribution in [0.4, 0.5) is 0 Å². The number of amides is 1. The van der Waals surface area contributed by atoms with Gasteiger partial charge in [-0.25, -0.2) is 0 Å². The lowest BCUT2D eigenvalue weighted by Crippen LogP contribution is -2.45. The van der Waals surface area contributed by atoms with Gasteiger partial charge in [0.25, 0.3) is 0 Å². The number of esters is 1. The molecule has 0 atom stereocenters. The third-order valence-corrected chi connectivity index (χ3v) is 3.97. The molecule has 1 fully saturated rings. The molecule has 1 saturated carbocycles. The van der Waals surface area contributed by atoms with Crippen LogP contribution in [0.3, 0.4) is 0 Å². The maximum absolute atomic E-state index is 12.2. The molecule has 1 aliphatic rings. The molecule has 6 heteroatoms. The van der Waals surface area contributed by atoms with Gasteiger partial charge in [0.2, 0.25) is 5.91 Å². The highest BCUT2D eigenvalue weighted by molar-refractivity contribution is 5.85. The molecule has 0 spiro atoms. The van der Waals surface area contributed by atoms with Crippen molar-refractivity contribution in [1.82, 2.24) is 10.6 Å². The molecule has 0 radical (unpaired) electrons. The van der Waals surface area contributed by atoms with E-state index in [4.69, 9.17) is 4.74 Å². The van der Waals surface area contributed by atoms with Crippen LogP contribution >= 0.6 is 12.4 Å². The fourth-order valence-corrected chi connectivity index (χ4v) is 2.75. The monoisotopic (exact) mass is 320 g/mol. The van der Waals surface area contributed by atoms with Gasteiger partial charge in [-0.3, -0.25) is 9.59 Å². The molecule has 0 aromatic carbocycles. The molecule has 0 aromatic heterocycles. The normalized spacial score (nSPS) is 16.7. The van der Waals surface area contributed by atoms with E-state index in [-0.39, 0.29) is 24.3 Å². The number of rotatable bonds is 8. The predicted octanol–water partition coefficient (Wildman–Crippen LogP) is 2.04. The summed E-state index contributed by atoms with van der Waals surface area (Å²) in [5.41, 5.74) is -0.493. The lowest BCUT2D eigenvalue weighted by atomic mass is 9.74. The van der Waals surface area contributed by atoms with E-state index in [9.17, 15) is 9.59 Å². The molecule has 0 unspecified atom stereocenters. The van der Waals surface area contributed by atoms with Gasteiger partial charge >= 0.3 is 5.97 Å². The molecule has 124 valence electrons. The van der Waals surface area contributed by atoms with Crippen molar-refractivity contribution in [3.63, 3.8) is 0 Å². The minimum atomic E-state index is -0.493. The Morgan fingerprint density at radius 3 is 2.43 bits per heavy atom. The van der Waals surface area contributed by atoms with Crippen molar-refractivity contribution in [2.75, 3.05) is 26.7 Å². The molecule has 1 amide bonds. The zero-order valence-electron chi connectivity index (χ0n) is 13.2. The van der Waals surface area contributed by atoms with E-state index < -0.39 is 5.41 Å². The fourth-order valence-electron chi connectivity index (χ4n) is 2.75. The summed E-state index contributed by atoms with van der Waals surface area (Å²) in [6, 6.07) is 0. The summed E-state index contributed by atoms with van der Waals surface area (Å²) in [6.45, 7) is 3.47. The number of carbonyl (C=O) groups excluding carboxylic acids is 2. The van der Waals surface area contributed by atoms with Crippen LogP contribution in [0.2, 0.25) is 0 Å². The standard InChI is InChI=1S/C15H28N2O3.ClH/c1-3-20-14(19)15(9-5-4-6-10-15)12-17-13(18)8-7-11-16-2;/h16H,3-12H2,1-2H3,(H,17,18);1H. The summed E-state index contributed by atoms with van der Waals surface area (Å²) >= 11 is 0. The molecular weight excluding hydrogens is 292 g/mol. The van der Waals surface area contributed by atoms with Gasteiger partial charge in [0.1, 0.15) is 0 Å². The average Bonchev–Trinajstić information content (AvgIpc) is 2.47. The lowest BCUT2D eigenvalue weighted by molar-refractivity contribution is -0.157. The molecular formula is C15H29ClN2O3. The van der Waals surface area contributed by atoms with Crippen molar-refractivity contribution in [3.8, 4) is 0 Å². The topological polar surface area (TPSA) is 67.4 Å². The maximum atomic E-state index is 12.2. The first-order chi connectivity index (χ1) is 9.64. The van der Waals surface area contributed by atoms with Crippen LogP contribution in [0.5, 0.6) is 0 Å². The summed E-state index contributed by atoms with van der Waals surface area (Å²) < 4.78 is 5.22. The second kappa shape index (κ2) is 10.9. The van der Waals surface area contributed by atoms with Crippen LogP contribution < -0.4 is 10.6 Å². The minimum absolute atomic E-state index is 0. The first-order valence-electron chi connectivity index (χ1n) is 7.73. The summed E-state index contributed by atoms with van der Waals surface area (Å²) in [7, 11) is 1.87. The smallest absolute Gasteiger partial charge is 0.313 e. The van der Waals surface area contributed by atoms with Crippen LogP contribution in [0.25, 0.3) is 0 Å². The maximum Gasteiger partial charge on any atom is 0.313 e.